The fraction of sp³-hybridized carbons (Fsp3) is 0.0714. The Morgan fingerprint density at radius 1 is 1.00 bits per heavy atom. The minimum atomic E-state index is -0.363. The number of anilines is 2. The van der Waals surface area contributed by atoms with E-state index in [1.54, 1.807) is 24.3 Å². The van der Waals surface area contributed by atoms with Crippen LogP contribution in [0.15, 0.2) is 42.5 Å². The Kier molecular flexibility index (Phi) is 4.84. The minimum Gasteiger partial charge on any atom is -0.326 e. The Hall–Kier alpha value is -1.75. The van der Waals surface area contributed by atoms with E-state index in [1.165, 1.54) is 0 Å². The standard InChI is InChI=1S/C14H13Cl2N3O/c15-12-5-4-11(7-13(12)16)19-14(20)18-10-3-1-2-9(6-10)8-17/h1-7H,8,17H2,(H2,18,19,20). The second-order valence-electron chi connectivity index (χ2n) is 4.11. The van der Waals surface area contributed by atoms with Gasteiger partial charge < -0.3 is 16.4 Å². The molecule has 4 nitrogen and oxygen atoms in total. The van der Waals surface area contributed by atoms with E-state index < -0.39 is 0 Å². The largest absolute Gasteiger partial charge is 0.326 e. The van der Waals surface area contributed by atoms with Gasteiger partial charge in [0.2, 0.25) is 0 Å². The topological polar surface area (TPSA) is 67.1 Å². The van der Waals surface area contributed by atoms with Crippen molar-refractivity contribution >= 4 is 40.6 Å². The van der Waals surface area contributed by atoms with Crippen LogP contribution in [0.4, 0.5) is 16.2 Å². The number of amides is 2. The van der Waals surface area contributed by atoms with Crippen LogP contribution in [0.5, 0.6) is 0 Å². The van der Waals surface area contributed by atoms with Crippen LogP contribution in [0.1, 0.15) is 5.56 Å². The highest BCUT2D eigenvalue weighted by molar-refractivity contribution is 6.42. The van der Waals surface area contributed by atoms with E-state index >= 15 is 0 Å². The van der Waals surface area contributed by atoms with E-state index in [-0.39, 0.29) is 6.03 Å². The Labute approximate surface area is 126 Å². The zero-order valence-electron chi connectivity index (χ0n) is 10.5. The van der Waals surface area contributed by atoms with Gasteiger partial charge in [-0.3, -0.25) is 0 Å². The smallest absolute Gasteiger partial charge is 0.323 e. The number of nitrogens with two attached hydrogens (primary N) is 1. The summed E-state index contributed by atoms with van der Waals surface area (Å²) in [4.78, 5) is 11.8. The molecule has 0 heterocycles. The molecule has 2 aromatic carbocycles. The van der Waals surface area contributed by atoms with Crippen molar-refractivity contribution < 1.29 is 4.79 Å². The van der Waals surface area contributed by atoms with Crippen LogP contribution in [-0.2, 0) is 6.54 Å². The van der Waals surface area contributed by atoms with E-state index in [4.69, 9.17) is 28.9 Å². The lowest BCUT2D eigenvalue weighted by Gasteiger charge is -2.09. The molecule has 0 fully saturated rings. The average molecular weight is 310 g/mol. The number of halogens is 2. The molecular weight excluding hydrogens is 297 g/mol. The second kappa shape index (κ2) is 6.61. The van der Waals surface area contributed by atoms with E-state index in [0.29, 0.717) is 28.0 Å². The zero-order valence-corrected chi connectivity index (χ0v) is 12.0. The number of nitrogens with one attached hydrogen (secondary N) is 2. The summed E-state index contributed by atoms with van der Waals surface area (Å²) in [6, 6.07) is 11.8. The first-order valence-corrected chi connectivity index (χ1v) is 6.66. The van der Waals surface area contributed by atoms with Crippen molar-refractivity contribution in [3.63, 3.8) is 0 Å². The van der Waals surface area contributed by atoms with Gasteiger partial charge in [-0.15, -0.1) is 0 Å². The van der Waals surface area contributed by atoms with Gasteiger partial charge in [-0.1, -0.05) is 35.3 Å². The number of hydrogen-bond acceptors (Lipinski definition) is 2. The lowest BCUT2D eigenvalue weighted by Crippen LogP contribution is -2.19. The number of hydrogen-bond donors (Lipinski definition) is 3. The minimum absolute atomic E-state index is 0.363. The summed E-state index contributed by atoms with van der Waals surface area (Å²) >= 11 is 11.7. The molecule has 0 bridgehead atoms. The van der Waals surface area contributed by atoms with Crippen LogP contribution in [0.3, 0.4) is 0 Å². The van der Waals surface area contributed by atoms with Crippen molar-refractivity contribution in [2.24, 2.45) is 5.73 Å². The molecule has 0 aliphatic heterocycles. The van der Waals surface area contributed by atoms with E-state index in [2.05, 4.69) is 10.6 Å². The molecule has 2 amide bonds. The fourth-order valence-electron chi connectivity index (χ4n) is 1.64. The predicted molar refractivity (Wildman–Crippen MR) is 83.4 cm³/mol. The summed E-state index contributed by atoms with van der Waals surface area (Å²) in [6.45, 7) is 0.421. The van der Waals surface area contributed by atoms with Crippen LogP contribution >= 0.6 is 23.2 Å². The highest BCUT2D eigenvalue weighted by Gasteiger charge is 2.05. The lowest BCUT2D eigenvalue weighted by molar-refractivity contribution is 0.262. The van der Waals surface area contributed by atoms with Crippen LogP contribution in [0.2, 0.25) is 10.0 Å². The molecule has 0 aliphatic rings. The summed E-state index contributed by atoms with van der Waals surface area (Å²) in [6.07, 6.45) is 0. The maximum Gasteiger partial charge on any atom is 0.323 e. The summed E-state index contributed by atoms with van der Waals surface area (Å²) in [7, 11) is 0. The fourth-order valence-corrected chi connectivity index (χ4v) is 1.94. The van der Waals surface area contributed by atoms with Crippen LogP contribution in [0, 0.1) is 0 Å². The average Bonchev–Trinajstić information content (AvgIpc) is 2.43. The molecule has 2 aromatic rings. The molecule has 4 N–H and O–H groups in total. The zero-order chi connectivity index (χ0) is 14.5. The van der Waals surface area contributed by atoms with Crippen molar-refractivity contribution in [2.45, 2.75) is 6.54 Å². The molecule has 0 saturated heterocycles. The Morgan fingerprint density at radius 2 is 1.70 bits per heavy atom. The van der Waals surface area contributed by atoms with E-state index in [9.17, 15) is 4.79 Å². The molecule has 20 heavy (non-hydrogen) atoms. The van der Waals surface area contributed by atoms with Gasteiger partial charge in [-0.2, -0.15) is 0 Å². The Bertz CT molecular complexity index is 632. The summed E-state index contributed by atoms with van der Waals surface area (Å²) < 4.78 is 0. The van der Waals surface area contributed by atoms with Gasteiger partial charge in [-0.25, -0.2) is 4.79 Å². The summed E-state index contributed by atoms with van der Waals surface area (Å²) in [5, 5.41) is 6.21. The predicted octanol–water partition coefficient (Wildman–Crippen LogP) is 4.10. The molecular formula is C14H13Cl2N3O. The number of carbonyl (C=O) groups excluding carboxylic acids is 1. The van der Waals surface area contributed by atoms with Gasteiger partial charge >= 0.3 is 6.03 Å². The number of rotatable bonds is 3. The molecule has 0 spiro atoms. The van der Waals surface area contributed by atoms with E-state index in [1.807, 2.05) is 18.2 Å². The summed E-state index contributed by atoms with van der Waals surface area (Å²) in [5.41, 5.74) is 7.72. The van der Waals surface area contributed by atoms with Crippen molar-refractivity contribution in [1.29, 1.82) is 0 Å². The first-order valence-electron chi connectivity index (χ1n) is 5.90. The molecule has 6 heteroatoms. The number of urea groups is 1. The highest BCUT2D eigenvalue weighted by atomic mass is 35.5. The SMILES string of the molecule is NCc1cccc(NC(=O)Nc2ccc(Cl)c(Cl)c2)c1. The third-order valence-electron chi connectivity index (χ3n) is 2.60. The van der Waals surface area contributed by atoms with Gasteiger partial charge in [0.15, 0.2) is 0 Å². The van der Waals surface area contributed by atoms with Gasteiger partial charge in [0, 0.05) is 17.9 Å². The first-order chi connectivity index (χ1) is 9.58. The summed E-state index contributed by atoms with van der Waals surface area (Å²) in [5.74, 6) is 0. The van der Waals surface area contributed by atoms with Gasteiger partial charge in [0.05, 0.1) is 10.0 Å². The maximum atomic E-state index is 11.8. The molecule has 2 rings (SSSR count). The van der Waals surface area contributed by atoms with Crippen LogP contribution in [0.25, 0.3) is 0 Å². The first kappa shape index (κ1) is 14.7. The Balaban J connectivity index is 2.03. The quantitative estimate of drug-likeness (QED) is 0.799. The molecule has 104 valence electrons. The maximum absolute atomic E-state index is 11.8. The van der Waals surface area contributed by atoms with E-state index in [0.717, 1.165) is 5.56 Å². The second-order valence-corrected chi connectivity index (χ2v) is 4.93. The van der Waals surface area contributed by atoms with Crippen molar-refractivity contribution in [1.82, 2.24) is 0 Å². The molecule has 0 saturated carbocycles. The van der Waals surface area contributed by atoms with Crippen molar-refractivity contribution in [2.75, 3.05) is 10.6 Å². The lowest BCUT2D eigenvalue weighted by atomic mass is 10.2. The van der Waals surface area contributed by atoms with Crippen LogP contribution < -0.4 is 16.4 Å². The molecule has 0 unspecified atom stereocenters. The molecule has 0 aliphatic carbocycles. The molecule has 0 aromatic heterocycles. The van der Waals surface area contributed by atoms with Crippen LogP contribution in [-0.4, -0.2) is 6.03 Å². The highest BCUT2D eigenvalue weighted by Crippen LogP contribution is 2.25. The van der Waals surface area contributed by atoms with Gasteiger partial charge in [-0.05, 0) is 35.9 Å². The number of benzene rings is 2. The number of carbonyl (C=O) groups is 1. The Morgan fingerprint density at radius 3 is 2.35 bits per heavy atom. The van der Waals surface area contributed by atoms with Gasteiger partial charge in [0.1, 0.15) is 0 Å². The monoisotopic (exact) mass is 309 g/mol. The molecule has 0 atom stereocenters. The van der Waals surface area contributed by atoms with Crippen molar-refractivity contribution in [3.05, 3.63) is 58.1 Å². The normalized spacial score (nSPS) is 10.2. The van der Waals surface area contributed by atoms with Crippen molar-refractivity contribution in [3.8, 4) is 0 Å². The molecule has 0 radical (unpaired) electrons. The third-order valence-corrected chi connectivity index (χ3v) is 3.34. The third kappa shape index (κ3) is 3.87. The van der Waals surface area contributed by atoms with Gasteiger partial charge in [0.25, 0.3) is 0 Å².